The molecular weight excluding hydrogens is 374 g/mol. The van der Waals surface area contributed by atoms with Crippen molar-refractivity contribution in [2.45, 2.75) is 19.4 Å². The minimum atomic E-state index is 0.0680. The molecule has 0 saturated carbocycles. The van der Waals surface area contributed by atoms with Crippen molar-refractivity contribution < 1.29 is 9.59 Å². The second-order valence-corrected chi connectivity index (χ2v) is 7.55. The first kappa shape index (κ1) is 19.8. The van der Waals surface area contributed by atoms with E-state index in [4.69, 9.17) is 0 Å². The maximum absolute atomic E-state index is 12.8. The zero-order valence-electron chi connectivity index (χ0n) is 16.9. The Morgan fingerprint density at radius 3 is 2.33 bits per heavy atom. The number of rotatable bonds is 5. The first-order valence-electron chi connectivity index (χ1n) is 10.3. The second-order valence-electron chi connectivity index (χ2n) is 7.55. The molecule has 2 amide bonds. The van der Waals surface area contributed by atoms with Crippen LogP contribution in [0.1, 0.15) is 17.5 Å². The molecule has 1 aliphatic rings. The quantitative estimate of drug-likeness (QED) is 0.659. The Balaban J connectivity index is 1.35. The zero-order valence-corrected chi connectivity index (χ0v) is 16.9. The van der Waals surface area contributed by atoms with Crippen molar-refractivity contribution in [1.82, 2.24) is 14.8 Å². The van der Waals surface area contributed by atoms with Crippen molar-refractivity contribution in [2.24, 2.45) is 0 Å². The molecule has 152 valence electrons. The van der Waals surface area contributed by atoms with Gasteiger partial charge in [-0.05, 0) is 28.3 Å². The molecule has 3 aromatic rings. The summed E-state index contributed by atoms with van der Waals surface area (Å²) >= 11 is 0. The van der Waals surface area contributed by atoms with Gasteiger partial charge in [0, 0.05) is 45.0 Å². The number of pyridine rings is 1. The van der Waals surface area contributed by atoms with Crippen LogP contribution in [0.4, 0.5) is 0 Å². The van der Waals surface area contributed by atoms with Gasteiger partial charge in [0.2, 0.25) is 11.8 Å². The number of nitrogens with zero attached hydrogens (tertiary/aromatic N) is 3. The molecule has 0 atom stereocenters. The summed E-state index contributed by atoms with van der Waals surface area (Å²) in [6.07, 6.45) is 4.21. The van der Waals surface area contributed by atoms with Crippen LogP contribution in [0, 0.1) is 0 Å². The number of hydrogen-bond acceptors (Lipinski definition) is 3. The van der Waals surface area contributed by atoms with Crippen LogP contribution in [0.2, 0.25) is 0 Å². The number of carbonyl (C=O) groups is 2. The van der Waals surface area contributed by atoms with Gasteiger partial charge in [-0.15, -0.1) is 0 Å². The number of benzene rings is 2. The lowest BCUT2D eigenvalue weighted by atomic mass is 10.0. The van der Waals surface area contributed by atoms with Crippen molar-refractivity contribution >= 4 is 11.8 Å². The molecule has 0 spiro atoms. The molecule has 4 rings (SSSR count). The van der Waals surface area contributed by atoms with E-state index in [1.165, 1.54) is 0 Å². The number of hydrogen-bond donors (Lipinski definition) is 0. The fourth-order valence-electron chi connectivity index (χ4n) is 3.73. The van der Waals surface area contributed by atoms with E-state index in [-0.39, 0.29) is 11.8 Å². The van der Waals surface area contributed by atoms with Crippen molar-refractivity contribution in [3.8, 4) is 11.1 Å². The van der Waals surface area contributed by atoms with Gasteiger partial charge in [-0.1, -0.05) is 60.7 Å². The zero-order chi connectivity index (χ0) is 20.8. The van der Waals surface area contributed by atoms with Gasteiger partial charge in [-0.2, -0.15) is 0 Å². The Morgan fingerprint density at radius 2 is 1.60 bits per heavy atom. The maximum atomic E-state index is 12.8. The van der Waals surface area contributed by atoms with Gasteiger partial charge >= 0.3 is 0 Å². The highest BCUT2D eigenvalue weighted by molar-refractivity contribution is 5.81. The van der Waals surface area contributed by atoms with Crippen molar-refractivity contribution in [3.05, 3.63) is 90.3 Å². The lowest BCUT2D eigenvalue weighted by Gasteiger charge is -2.22. The van der Waals surface area contributed by atoms with Gasteiger partial charge in [0.15, 0.2) is 0 Å². The smallest absolute Gasteiger partial charge is 0.227 e. The van der Waals surface area contributed by atoms with E-state index in [1.54, 1.807) is 12.4 Å². The molecule has 1 aromatic heterocycles. The highest BCUT2D eigenvalue weighted by atomic mass is 16.2. The van der Waals surface area contributed by atoms with E-state index in [0.717, 1.165) is 22.3 Å². The molecule has 5 heteroatoms. The lowest BCUT2D eigenvalue weighted by molar-refractivity contribution is -0.130. The summed E-state index contributed by atoms with van der Waals surface area (Å²) in [5, 5.41) is 0. The Morgan fingerprint density at radius 1 is 0.833 bits per heavy atom. The molecule has 5 nitrogen and oxygen atoms in total. The van der Waals surface area contributed by atoms with Gasteiger partial charge in [-0.25, -0.2) is 0 Å². The molecular formula is C25H25N3O2. The first-order chi connectivity index (χ1) is 14.7. The summed E-state index contributed by atoms with van der Waals surface area (Å²) < 4.78 is 0. The van der Waals surface area contributed by atoms with Crippen molar-refractivity contribution in [1.29, 1.82) is 0 Å². The van der Waals surface area contributed by atoms with Crippen molar-refractivity contribution in [3.63, 3.8) is 0 Å². The van der Waals surface area contributed by atoms with Gasteiger partial charge in [0.25, 0.3) is 0 Å². The molecule has 0 radical (unpaired) electrons. The average molecular weight is 399 g/mol. The molecule has 1 aliphatic heterocycles. The molecule has 2 aromatic carbocycles. The Labute approximate surface area is 177 Å². The molecule has 1 fully saturated rings. The third kappa shape index (κ3) is 4.92. The summed E-state index contributed by atoms with van der Waals surface area (Å²) in [7, 11) is 0. The van der Waals surface area contributed by atoms with Crippen LogP contribution >= 0.6 is 0 Å². The summed E-state index contributed by atoms with van der Waals surface area (Å²) in [6, 6.07) is 22.2. The van der Waals surface area contributed by atoms with Crippen LogP contribution < -0.4 is 0 Å². The summed E-state index contributed by atoms with van der Waals surface area (Å²) in [4.78, 5) is 33.1. The minimum absolute atomic E-state index is 0.0680. The van der Waals surface area contributed by atoms with E-state index < -0.39 is 0 Å². The number of carbonyl (C=O) groups excluding carboxylic acids is 2. The molecule has 0 bridgehead atoms. The van der Waals surface area contributed by atoms with Gasteiger partial charge in [0.05, 0.1) is 6.42 Å². The first-order valence-corrected chi connectivity index (χ1v) is 10.3. The van der Waals surface area contributed by atoms with Crippen LogP contribution in [0.3, 0.4) is 0 Å². The monoisotopic (exact) mass is 399 g/mol. The highest BCUT2D eigenvalue weighted by Gasteiger charge is 2.24. The van der Waals surface area contributed by atoms with Crippen LogP contribution in [-0.2, 0) is 22.6 Å². The Kier molecular flexibility index (Phi) is 6.18. The van der Waals surface area contributed by atoms with E-state index in [9.17, 15) is 9.59 Å². The molecule has 1 saturated heterocycles. The number of amides is 2. The summed E-state index contributed by atoms with van der Waals surface area (Å²) in [5.74, 6) is 0.153. The summed E-state index contributed by atoms with van der Waals surface area (Å²) in [6.45, 7) is 2.12. The molecule has 2 heterocycles. The third-order valence-corrected chi connectivity index (χ3v) is 5.45. The molecule has 0 N–H and O–H groups in total. The molecule has 0 aliphatic carbocycles. The Hall–Kier alpha value is -3.47. The molecule has 0 unspecified atom stereocenters. The van der Waals surface area contributed by atoms with E-state index in [1.807, 2.05) is 52.3 Å². The van der Waals surface area contributed by atoms with Crippen LogP contribution in [0.25, 0.3) is 11.1 Å². The fourth-order valence-corrected chi connectivity index (χ4v) is 3.73. The average Bonchev–Trinajstić information content (AvgIpc) is 2.97. The van der Waals surface area contributed by atoms with E-state index >= 15 is 0 Å². The van der Waals surface area contributed by atoms with Gasteiger partial charge < -0.3 is 9.80 Å². The normalized spacial score (nSPS) is 14.5. The maximum Gasteiger partial charge on any atom is 0.227 e. The third-order valence-electron chi connectivity index (χ3n) is 5.45. The Bertz CT molecular complexity index is 988. The van der Waals surface area contributed by atoms with Crippen LogP contribution in [-0.4, -0.2) is 46.2 Å². The predicted molar refractivity (Wildman–Crippen MR) is 116 cm³/mol. The predicted octanol–water partition coefficient (Wildman–Crippen LogP) is 3.55. The van der Waals surface area contributed by atoms with Crippen molar-refractivity contribution in [2.75, 3.05) is 19.6 Å². The fraction of sp³-hybridized carbons (Fsp3) is 0.240. The number of aromatic nitrogens is 1. The SMILES string of the molecule is O=C(Cc1ccc(-c2ccccc2)cc1)N1CCC(=O)N(Cc2cccnc2)CC1. The van der Waals surface area contributed by atoms with E-state index in [0.29, 0.717) is 39.0 Å². The van der Waals surface area contributed by atoms with Crippen LogP contribution in [0.15, 0.2) is 79.1 Å². The van der Waals surface area contributed by atoms with E-state index in [2.05, 4.69) is 29.2 Å². The lowest BCUT2D eigenvalue weighted by Crippen LogP contribution is -2.36. The topological polar surface area (TPSA) is 53.5 Å². The highest BCUT2D eigenvalue weighted by Crippen LogP contribution is 2.20. The van der Waals surface area contributed by atoms with Gasteiger partial charge in [0.1, 0.15) is 0 Å². The largest absolute Gasteiger partial charge is 0.340 e. The molecule has 30 heavy (non-hydrogen) atoms. The standard InChI is InChI=1S/C25H25N3O2/c29-24-12-14-27(15-16-28(24)19-21-5-4-13-26-18-21)25(30)17-20-8-10-23(11-9-20)22-6-2-1-3-7-22/h1-11,13,18H,12,14-17,19H2. The minimum Gasteiger partial charge on any atom is -0.340 e. The second kappa shape index (κ2) is 9.35. The van der Waals surface area contributed by atoms with Gasteiger partial charge in [-0.3, -0.25) is 14.6 Å². The summed E-state index contributed by atoms with van der Waals surface area (Å²) in [5.41, 5.74) is 4.29. The van der Waals surface area contributed by atoms with Crippen LogP contribution in [0.5, 0.6) is 0 Å².